The number of aliphatic hydroxyl groups is 3. The molecule has 1 amide bonds. The zero-order chi connectivity index (χ0) is 23.9. The molecule has 0 bridgehead atoms. The monoisotopic (exact) mass is 461 g/mol. The van der Waals surface area contributed by atoms with Crippen LogP contribution in [0.3, 0.4) is 0 Å². The molecule has 4 rings (SSSR count). The predicted octanol–water partition coefficient (Wildman–Crippen LogP) is -3.24. The number of aryl methyl sites for hydroxylation is 2. The first-order chi connectivity index (χ1) is 15.7. The summed E-state index contributed by atoms with van der Waals surface area (Å²) in [7, 11) is 3.18. The van der Waals surface area contributed by atoms with Gasteiger partial charge in [-0.05, 0) is 6.07 Å². The molecule has 13 heteroatoms. The van der Waals surface area contributed by atoms with Gasteiger partial charge in [0.1, 0.15) is 17.8 Å². The van der Waals surface area contributed by atoms with Crippen molar-refractivity contribution in [3.63, 3.8) is 0 Å². The summed E-state index contributed by atoms with van der Waals surface area (Å²) >= 11 is 0. The van der Waals surface area contributed by atoms with Gasteiger partial charge in [0, 0.05) is 33.3 Å². The molecular formula is C20H25N6O7+. The molecule has 0 radical (unpaired) electrons. The van der Waals surface area contributed by atoms with E-state index in [4.69, 9.17) is 4.74 Å². The Labute approximate surface area is 186 Å². The van der Waals surface area contributed by atoms with Crippen LogP contribution in [-0.2, 0) is 25.4 Å². The second-order valence-corrected chi connectivity index (χ2v) is 7.85. The zero-order valence-corrected chi connectivity index (χ0v) is 18.0. The largest absolute Gasteiger partial charge is 0.394 e. The van der Waals surface area contributed by atoms with Crippen molar-refractivity contribution in [3.05, 3.63) is 57.3 Å². The molecule has 3 aromatic rings. The molecule has 0 aliphatic carbocycles. The van der Waals surface area contributed by atoms with Gasteiger partial charge in [-0.15, -0.1) is 0 Å². The highest BCUT2D eigenvalue weighted by Gasteiger charge is 2.48. The van der Waals surface area contributed by atoms with Crippen LogP contribution in [0.15, 0.2) is 40.4 Å². The number of aromatic nitrogens is 5. The van der Waals surface area contributed by atoms with Crippen molar-refractivity contribution < 1.29 is 29.4 Å². The van der Waals surface area contributed by atoms with Gasteiger partial charge in [0.05, 0.1) is 12.9 Å². The number of rotatable bonds is 6. The minimum atomic E-state index is -1.28. The van der Waals surface area contributed by atoms with Crippen molar-refractivity contribution in [2.45, 2.75) is 31.1 Å². The summed E-state index contributed by atoms with van der Waals surface area (Å²) < 4.78 is 10.7. The van der Waals surface area contributed by atoms with Crippen molar-refractivity contribution in [2.24, 2.45) is 14.1 Å². The highest BCUT2D eigenvalue weighted by molar-refractivity contribution is 5.93. The highest BCUT2D eigenvalue weighted by atomic mass is 16.6. The van der Waals surface area contributed by atoms with Gasteiger partial charge in [-0.1, -0.05) is 0 Å². The van der Waals surface area contributed by atoms with Gasteiger partial charge in [0.25, 0.3) is 17.7 Å². The SMILES string of the molecule is Cn1cnc2c1c(=O)n(CCNC(=O)c1ccc[n+]([C@@H]3O[C@H](CO)[C@@H](O)[C@H]3O)c1)c(=O)n2C. The van der Waals surface area contributed by atoms with Crippen molar-refractivity contribution in [3.8, 4) is 0 Å². The van der Waals surface area contributed by atoms with E-state index in [1.807, 2.05) is 0 Å². The summed E-state index contributed by atoms with van der Waals surface area (Å²) in [4.78, 5) is 42.0. The normalized spacial score (nSPS) is 22.7. The highest BCUT2D eigenvalue weighted by Crippen LogP contribution is 2.25. The number of hydrogen-bond donors (Lipinski definition) is 4. The Kier molecular flexibility index (Phi) is 6.12. The Morgan fingerprint density at radius 2 is 2.03 bits per heavy atom. The van der Waals surface area contributed by atoms with Crippen LogP contribution in [0.5, 0.6) is 0 Å². The van der Waals surface area contributed by atoms with E-state index in [1.54, 1.807) is 25.4 Å². The molecule has 3 aromatic heterocycles. The predicted molar refractivity (Wildman–Crippen MR) is 112 cm³/mol. The lowest BCUT2D eigenvalue weighted by molar-refractivity contribution is -0.765. The second kappa shape index (κ2) is 8.86. The Morgan fingerprint density at radius 3 is 2.73 bits per heavy atom. The lowest BCUT2D eigenvalue weighted by Crippen LogP contribution is -2.46. The average Bonchev–Trinajstić information content (AvgIpc) is 3.34. The van der Waals surface area contributed by atoms with Crippen molar-refractivity contribution in [2.75, 3.05) is 13.2 Å². The minimum Gasteiger partial charge on any atom is -0.394 e. The standard InChI is InChI=1S/C20H24N6O7/c1-23-10-22-16-13(23)18(31)26(20(32)24(16)2)7-5-21-17(30)11-4-3-6-25(8-11)19-15(29)14(28)12(9-27)33-19/h3-4,6,8,10,12,14-15,19,27-29H,5,7,9H2,1-2H3/p+1/t12-,14-,15-,19-/m1/s1. The lowest BCUT2D eigenvalue weighted by Gasteiger charge is -2.11. The summed E-state index contributed by atoms with van der Waals surface area (Å²) in [6.07, 6.45) is -0.0100. The molecule has 176 valence electrons. The number of fused-ring (bicyclic) bond motifs is 1. The molecular weight excluding hydrogens is 436 g/mol. The molecule has 4 atom stereocenters. The maximum absolute atomic E-state index is 12.7. The number of amides is 1. The van der Waals surface area contributed by atoms with Crippen LogP contribution in [0, 0.1) is 0 Å². The lowest BCUT2D eigenvalue weighted by atomic mass is 10.1. The first kappa shape index (κ1) is 22.8. The number of hydrogen-bond acceptors (Lipinski definition) is 8. The van der Waals surface area contributed by atoms with Crippen LogP contribution in [0.1, 0.15) is 16.6 Å². The Morgan fingerprint density at radius 1 is 1.27 bits per heavy atom. The molecule has 1 fully saturated rings. The number of nitrogens with zero attached hydrogens (tertiary/aromatic N) is 5. The third-order valence-electron chi connectivity index (χ3n) is 5.72. The van der Waals surface area contributed by atoms with Crippen LogP contribution in [0.25, 0.3) is 11.2 Å². The van der Waals surface area contributed by atoms with Crippen LogP contribution >= 0.6 is 0 Å². The Balaban J connectivity index is 1.48. The molecule has 0 aromatic carbocycles. The molecule has 0 saturated carbocycles. The third-order valence-corrected chi connectivity index (χ3v) is 5.72. The van der Waals surface area contributed by atoms with E-state index in [-0.39, 0.29) is 29.8 Å². The van der Waals surface area contributed by atoms with Crippen LogP contribution < -0.4 is 21.1 Å². The summed E-state index contributed by atoms with van der Waals surface area (Å²) in [6, 6.07) is 3.11. The van der Waals surface area contributed by atoms with Gasteiger partial charge >= 0.3 is 5.69 Å². The summed E-state index contributed by atoms with van der Waals surface area (Å²) in [5.74, 6) is -0.470. The van der Waals surface area contributed by atoms with Crippen LogP contribution in [-0.4, -0.2) is 71.4 Å². The number of ether oxygens (including phenoxy) is 1. The summed E-state index contributed by atoms with van der Waals surface area (Å²) in [5.41, 5.74) is -0.235. The fourth-order valence-electron chi connectivity index (χ4n) is 3.89. The van der Waals surface area contributed by atoms with Crippen molar-refractivity contribution in [1.82, 2.24) is 24.0 Å². The fraction of sp³-hybridized carbons (Fsp3) is 0.450. The third kappa shape index (κ3) is 3.95. The van der Waals surface area contributed by atoms with Crippen LogP contribution in [0.4, 0.5) is 0 Å². The van der Waals surface area contributed by atoms with Gasteiger partial charge in [0.2, 0.25) is 0 Å². The molecule has 4 N–H and O–H groups in total. The fourth-order valence-corrected chi connectivity index (χ4v) is 3.89. The van der Waals surface area contributed by atoms with E-state index >= 15 is 0 Å². The van der Waals surface area contributed by atoms with Gasteiger partial charge < -0.3 is 29.9 Å². The first-order valence-electron chi connectivity index (χ1n) is 10.3. The van der Waals surface area contributed by atoms with E-state index in [1.165, 1.54) is 33.3 Å². The first-order valence-corrected chi connectivity index (χ1v) is 10.3. The minimum absolute atomic E-state index is 0.0140. The van der Waals surface area contributed by atoms with E-state index in [9.17, 15) is 29.7 Å². The van der Waals surface area contributed by atoms with Gasteiger partial charge in [-0.2, -0.15) is 4.57 Å². The number of carbonyl (C=O) groups is 1. The molecule has 1 aliphatic rings. The number of imidazole rings is 1. The van der Waals surface area contributed by atoms with Crippen molar-refractivity contribution >= 4 is 17.1 Å². The van der Waals surface area contributed by atoms with Crippen molar-refractivity contribution in [1.29, 1.82) is 0 Å². The number of aliphatic hydroxyl groups excluding tert-OH is 3. The average molecular weight is 461 g/mol. The molecule has 33 heavy (non-hydrogen) atoms. The Bertz CT molecular complexity index is 1310. The Hall–Kier alpha value is -3.39. The molecule has 13 nitrogen and oxygen atoms in total. The maximum Gasteiger partial charge on any atom is 0.332 e. The number of nitrogens with one attached hydrogen (secondary N) is 1. The van der Waals surface area contributed by atoms with E-state index in [0.29, 0.717) is 0 Å². The van der Waals surface area contributed by atoms with Crippen LogP contribution in [0.2, 0.25) is 0 Å². The zero-order valence-electron chi connectivity index (χ0n) is 18.0. The molecule has 1 saturated heterocycles. The quantitative estimate of drug-likeness (QED) is 0.278. The van der Waals surface area contributed by atoms with E-state index < -0.39 is 48.3 Å². The topological polar surface area (TPSA) is 165 Å². The second-order valence-electron chi connectivity index (χ2n) is 7.85. The summed E-state index contributed by atoms with van der Waals surface area (Å²) in [6.45, 7) is -0.487. The molecule has 0 spiro atoms. The van der Waals surface area contributed by atoms with Gasteiger partial charge in [-0.3, -0.25) is 18.7 Å². The molecule has 4 heterocycles. The molecule has 0 unspecified atom stereocenters. The number of pyridine rings is 1. The maximum atomic E-state index is 12.7. The van der Waals surface area contributed by atoms with E-state index in [2.05, 4.69) is 10.3 Å². The van der Waals surface area contributed by atoms with Gasteiger partial charge in [0.15, 0.2) is 29.7 Å². The number of carbonyl (C=O) groups excluding carboxylic acids is 1. The molecule has 1 aliphatic heterocycles. The van der Waals surface area contributed by atoms with Gasteiger partial charge in [-0.25, -0.2) is 9.78 Å². The van der Waals surface area contributed by atoms with E-state index in [0.717, 1.165) is 4.57 Å². The summed E-state index contributed by atoms with van der Waals surface area (Å²) in [5, 5.41) is 32.0. The smallest absolute Gasteiger partial charge is 0.332 e.